The molecule has 2 heterocycles. The third-order valence-electron chi connectivity index (χ3n) is 4.73. The highest BCUT2D eigenvalue weighted by atomic mass is 79.9. The highest BCUT2D eigenvalue weighted by molar-refractivity contribution is 9.10. The van der Waals surface area contributed by atoms with Gasteiger partial charge in [-0.2, -0.15) is 5.10 Å². The molecule has 146 valence electrons. The van der Waals surface area contributed by atoms with Crippen molar-refractivity contribution in [2.45, 2.75) is 13.8 Å². The fraction of sp³-hybridized carbons (Fsp3) is 0.0952. The van der Waals surface area contributed by atoms with Crippen molar-refractivity contribution < 1.29 is 0 Å². The number of nitrogens with zero attached hydrogens (tertiary/aromatic N) is 3. The van der Waals surface area contributed by atoms with Crippen LogP contribution in [-0.2, 0) is 0 Å². The molecule has 6 nitrogen and oxygen atoms in total. The molecule has 0 spiro atoms. The Kier molecular flexibility index (Phi) is 5.02. The molecule has 0 atom stereocenters. The normalized spacial score (nSPS) is 11.6. The van der Waals surface area contributed by atoms with E-state index in [1.807, 2.05) is 42.7 Å². The zero-order valence-corrected chi connectivity index (χ0v) is 18.0. The van der Waals surface area contributed by atoms with Crippen LogP contribution in [0.1, 0.15) is 17.0 Å². The number of aryl methyl sites for hydroxylation is 1. The molecule has 0 amide bonds. The largest absolute Gasteiger partial charge is 0.349 e. The lowest BCUT2D eigenvalue weighted by Gasteiger charge is -2.10. The highest BCUT2D eigenvalue weighted by Gasteiger charge is 2.11. The van der Waals surface area contributed by atoms with Gasteiger partial charge in [-0.15, -0.1) is 4.68 Å². The van der Waals surface area contributed by atoms with Gasteiger partial charge >= 0.3 is 5.69 Å². The molecular formula is C21H16BrClN4O2. The average Bonchev–Trinajstić information content (AvgIpc) is 2.97. The number of hydrogen-bond acceptors (Lipinski definition) is 3. The van der Waals surface area contributed by atoms with Crippen molar-refractivity contribution in [1.82, 2.24) is 14.2 Å². The molecule has 0 saturated heterocycles. The van der Waals surface area contributed by atoms with E-state index in [0.717, 1.165) is 31.8 Å². The number of nitrogens with one attached hydrogen (secondary N) is 1. The number of hydrogen-bond donors (Lipinski definition) is 1. The second-order valence-corrected chi connectivity index (χ2v) is 7.86. The van der Waals surface area contributed by atoms with Crippen LogP contribution in [0, 0.1) is 13.8 Å². The van der Waals surface area contributed by atoms with Gasteiger partial charge in [0, 0.05) is 27.1 Å². The molecule has 2 aromatic heterocycles. The molecule has 0 fully saturated rings. The molecule has 0 aliphatic rings. The van der Waals surface area contributed by atoms with Gasteiger partial charge in [-0.25, -0.2) is 4.79 Å². The van der Waals surface area contributed by atoms with Crippen LogP contribution in [0.3, 0.4) is 0 Å². The van der Waals surface area contributed by atoms with Crippen LogP contribution in [0.25, 0.3) is 16.6 Å². The predicted molar refractivity (Wildman–Crippen MR) is 120 cm³/mol. The second kappa shape index (κ2) is 7.50. The summed E-state index contributed by atoms with van der Waals surface area (Å²) in [4.78, 5) is 27.6. The number of para-hydroxylation sites is 1. The van der Waals surface area contributed by atoms with Gasteiger partial charge in [-0.05, 0) is 66.2 Å². The zero-order valence-electron chi connectivity index (χ0n) is 15.6. The van der Waals surface area contributed by atoms with Gasteiger partial charge in [0.1, 0.15) is 0 Å². The molecule has 0 bridgehead atoms. The fourth-order valence-corrected chi connectivity index (χ4v) is 3.74. The lowest BCUT2D eigenvalue weighted by atomic mass is 10.2. The van der Waals surface area contributed by atoms with Crippen LogP contribution >= 0.6 is 27.5 Å². The monoisotopic (exact) mass is 470 g/mol. The van der Waals surface area contributed by atoms with E-state index in [1.165, 1.54) is 6.21 Å². The van der Waals surface area contributed by atoms with Gasteiger partial charge in [-0.3, -0.25) is 4.79 Å². The minimum atomic E-state index is -0.585. The van der Waals surface area contributed by atoms with Crippen molar-refractivity contribution in [2.24, 2.45) is 5.10 Å². The third kappa shape index (κ3) is 3.47. The summed E-state index contributed by atoms with van der Waals surface area (Å²) >= 11 is 9.63. The molecule has 0 unspecified atom stereocenters. The lowest BCUT2D eigenvalue weighted by molar-refractivity contribution is 0.771. The van der Waals surface area contributed by atoms with Crippen molar-refractivity contribution in [2.75, 3.05) is 0 Å². The molecule has 0 saturated carbocycles. The molecular weight excluding hydrogens is 456 g/mol. The van der Waals surface area contributed by atoms with E-state index in [2.05, 4.69) is 26.0 Å². The number of halogens is 2. The summed E-state index contributed by atoms with van der Waals surface area (Å²) in [6.07, 6.45) is 1.52. The molecule has 0 aliphatic carbocycles. The maximum Gasteiger partial charge on any atom is 0.349 e. The lowest BCUT2D eigenvalue weighted by Crippen LogP contribution is -2.32. The Labute approximate surface area is 179 Å². The van der Waals surface area contributed by atoms with Gasteiger partial charge in [-0.1, -0.05) is 23.7 Å². The molecule has 1 N–H and O–H groups in total. The number of H-pyrrole nitrogens is 1. The van der Waals surface area contributed by atoms with Crippen molar-refractivity contribution >= 4 is 44.6 Å². The average molecular weight is 472 g/mol. The van der Waals surface area contributed by atoms with E-state index < -0.39 is 11.2 Å². The summed E-state index contributed by atoms with van der Waals surface area (Å²) in [5.74, 6) is 0. The van der Waals surface area contributed by atoms with Gasteiger partial charge in [0.2, 0.25) is 0 Å². The van der Waals surface area contributed by atoms with Crippen LogP contribution in [0.2, 0.25) is 5.02 Å². The number of aromatic amines is 1. The summed E-state index contributed by atoms with van der Waals surface area (Å²) in [7, 11) is 0. The Morgan fingerprint density at radius 3 is 2.62 bits per heavy atom. The Morgan fingerprint density at radius 1 is 1.10 bits per heavy atom. The van der Waals surface area contributed by atoms with Crippen LogP contribution in [0.15, 0.2) is 67.7 Å². The van der Waals surface area contributed by atoms with Crippen LogP contribution in [0.5, 0.6) is 0 Å². The second-order valence-electron chi connectivity index (χ2n) is 6.60. The summed E-state index contributed by atoms with van der Waals surface area (Å²) in [6, 6.07) is 14.5. The quantitative estimate of drug-likeness (QED) is 0.450. The molecule has 4 rings (SSSR count). The molecule has 8 heteroatoms. The smallest absolute Gasteiger partial charge is 0.318 e. The number of aromatic nitrogens is 3. The number of benzene rings is 2. The van der Waals surface area contributed by atoms with Crippen molar-refractivity contribution in [3.05, 3.63) is 95.8 Å². The molecule has 4 aromatic rings. The molecule has 0 aliphatic heterocycles. The van der Waals surface area contributed by atoms with Gasteiger partial charge < -0.3 is 9.55 Å². The van der Waals surface area contributed by atoms with Crippen molar-refractivity contribution in [3.8, 4) is 5.69 Å². The van der Waals surface area contributed by atoms with Crippen LogP contribution < -0.4 is 11.2 Å². The Hall–Kier alpha value is -2.90. The van der Waals surface area contributed by atoms with Crippen LogP contribution in [0.4, 0.5) is 0 Å². The van der Waals surface area contributed by atoms with Gasteiger partial charge in [0.25, 0.3) is 5.56 Å². The van der Waals surface area contributed by atoms with Crippen molar-refractivity contribution in [3.63, 3.8) is 0 Å². The topological polar surface area (TPSA) is 72.2 Å². The maximum atomic E-state index is 12.6. The minimum absolute atomic E-state index is 0.402. The Bertz CT molecular complexity index is 1400. The minimum Gasteiger partial charge on any atom is -0.318 e. The maximum absolute atomic E-state index is 12.6. The first-order chi connectivity index (χ1) is 13.9. The summed E-state index contributed by atoms with van der Waals surface area (Å²) < 4.78 is 3.69. The van der Waals surface area contributed by atoms with Gasteiger partial charge in [0.05, 0.1) is 22.1 Å². The molecule has 0 radical (unpaired) electrons. The van der Waals surface area contributed by atoms with E-state index >= 15 is 0 Å². The first-order valence-corrected chi connectivity index (χ1v) is 9.96. The van der Waals surface area contributed by atoms with Crippen molar-refractivity contribution in [1.29, 1.82) is 0 Å². The number of rotatable bonds is 3. The van der Waals surface area contributed by atoms with E-state index in [1.54, 1.807) is 24.3 Å². The summed E-state index contributed by atoms with van der Waals surface area (Å²) in [6.45, 7) is 3.91. The molecule has 29 heavy (non-hydrogen) atoms. The van der Waals surface area contributed by atoms with E-state index in [9.17, 15) is 9.59 Å². The number of fused-ring (bicyclic) bond motifs is 1. The first-order valence-electron chi connectivity index (χ1n) is 8.79. The third-order valence-corrected chi connectivity index (χ3v) is 5.96. The summed E-state index contributed by atoms with van der Waals surface area (Å²) in [5.41, 5.74) is 3.03. The Morgan fingerprint density at radius 2 is 1.86 bits per heavy atom. The zero-order chi connectivity index (χ0) is 20.7. The van der Waals surface area contributed by atoms with E-state index in [-0.39, 0.29) is 0 Å². The predicted octanol–water partition coefficient (Wildman–Crippen LogP) is 4.40. The fourth-order valence-electron chi connectivity index (χ4n) is 3.32. The molecule has 2 aromatic carbocycles. The SMILES string of the molecule is Cc1cc(C=Nn2c(=O)[nH]c3ccccc3c2=O)c(C)n1-c1ccc(Br)c(Cl)c1. The van der Waals surface area contributed by atoms with E-state index in [4.69, 9.17) is 11.6 Å². The van der Waals surface area contributed by atoms with Crippen LogP contribution in [-0.4, -0.2) is 20.4 Å². The first kappa shape index (κ1) is 19.4. The van der Waals surface area contributed by atoms with Gasteiger partial charge in [0.15, 0.2) is 0 Å². The Balaban J connectivity index is 1.79. The van der Waals surface area contributed by atoms with E-state index in [0.29, 0.717) is 15.9 Å². The highest BCUT2D eigenvalue weighted by Crippen LogP contribution is 2.27. The summed E-state index contributed by atoms with van der Waals surface area (Å²) in [5, 5.41) is 5.17. The standard InChI is InChI=1S/C21H16BrClN4O2/c1-12-9-14(13(2)26(12)15-7-8-17(22)18(23)10-15)11-24-27-20(28)16-5-3-4-6-19(16)25-21(27)29/h3-11H,1-2H3,(H,25,29).